The van der Waals surface area contributed by atoms with Gasteiger partial charge in [-0.3, -0.25) is 9.79 Å². The number of benzene rings is 1. The predicted molar refractivity (Wildman–Crippen MR) is 96.5 cm³/mol. The molecule has 5 heteroatoms. The minimum Gasteiger partial charge on any atom is -0.294 e. The maximum Gasteiger partial charge on any atom is 0.161 e. The number of halogens is 2. The standard InChI is InChI=1S/C19H18Cl2N2O/c1-10-12(9-22)17(11-4-5-13(20)14(21)6-11)18-15(23-10)7-19(2,3)8-16(18)24/h4-6,12,17H,7-8H2,1-3H3/t12?,17-/m1/s1. The van der Waals surface area contributed by atoms with Crippen molar-refractivity contribution in [1.29, 1.82) is 5.26 Å². The minimum absolute atomic E-state index is 0.0776. The second kappa shape index (κ2) is 6.02. The third-order valence-electron chi connectivity index (χ3n) is 4.74. The first-order valence-corrected chi connectivity index (χ1v) is 8.65. The third kappa shape index (κ3) is 2.90. The number of allylic oxidation sites excluding steroid dienone is 2. The number of ketones is 1. The van der Waals surface area contributed by atoms with Crippen molar-refractivity contribution >= 4 is 34.7 Å². The van der Waals surface area contributed by atoms with Crippen LogP contribution in [0.25, 0.3) is 0 Å². The molecular formula is C19H18Cl2N2O. The average molecular weight is 361 g/mol. The lowest BCUT2D eigenvalue weighted by Crippen LogP contribution is -2.35. The molecule has 0 fully saturated rings. The minimum atomic E-state index is -0.467. The van der Waals surface area contributed by atoms with Crippen LogP contribution < -0.4 is 0 Å². The Balaban J connectivity index is 2.19. The van der Waals surface area contributed by atoms with E-state index in [9.17, 15) is 10.1 Å². The van der Waals surface area contributed by atoms with E-state index in [0.717, 1.165) is 23.4 Å². The van der Waals surface area contributed by atoms with Crippen LogP contribution in [-0.2, 0) is 4.79 Å². The lowest BCUT2D eigenvalue weighted by molar-refractivity contribution is -0.118. The SMILES string of the molecule is CC1=NC2=C(C(=O)CC(C)(C)C2)[C@H](c2ccc(Cl)c(Cl)c2)C1C#N. The molecule has 0 amide bonds. The van der Waals surface area contributed by atoms with Crippen LogP contribution in [0.4, 0.5) is 0 Å². The van der Waals surface area contributed by atoms with Crippen LogP contribution >= 0.6 is 23.2 Å². The normalized spacial score (nSPS) is 25.8. The highest BCUT2D eigenvalue weighted by atomic mass is 35.5. The fourth-order valence-electron chi connectivity index (χ4n) is 3.68. The second-order valence-electron chi connectivity index (χ2n) is 7.31. The number of hydrogen-bond acceptors (Lipinski definition) is 3. The molecule has 1 aromatic carbocycles. The van der Waals surface area contributed by atoms with Gasteiger partial charge in [-0.2, -0.15) is 5.26 Å². The van der Waals surface area contributed by atoms with Crippen LogP contribution in [-0.4, -0.2) is 11.5 Å². The molecule has 24 heavy (non-hydrogen) atoms. The van der Waals surface area contributed by atoms with Gasteiger partial charge in [0, 0.05) is 29.3 Å². The van der Waals surface area contributed by atoms with Crippen molar-refractivity contribution in [2.75, 3.05) is 0 Å². The van der Waals surface area contributed by atoms with Crippen LogP contribution in [0, 0.1) is 22.7 Å². The van der Waals surface area contributed by atoms with Crippen LogP contribution in [0.2, 0.25) is 10.0 Å². The first-order chi connectivity index (χ1) is 11.2. The van der Waals surface area contributed by atoms with Gasteiger partial charge in [-0.25, -0.2) is 0 Å². The molecule has 0 saturated heterocycles. The van der Waals surface area contributed by atoms with Crippen molar-refractivity contribution < 1.29 is 4.79 Å². The maximum atomic E-state index is 12.9. The quantitative estimate of drug-likeness (QED) is 0.678. The van der Waals surface area contributed by atoms with Crippen molar-refractivity contribution in [1.82, 2.24) is 0 Å². The zero-order valence-corrected chi connectivity index (χ0v) is 15.4. The number of carbonyl (C=O) groups is 1. The van der Waals surface area contributed by atoms with E-state index in [0.29, 0.717) is 22.0 Å². The fourth-order valence-corrected chi connectivity index (χ4v) is 3.98. The highest BCUT2D eigenvalue weighted by Gasteiger charge is 2.43. The molecule has 2 aliphatic rings. The van der Waals surface area contributed by atoms with Crippen molar-refractivity contribution in [2.24, 2.45) is 16.3 Å². The number of rotatable bonds is 1. The van der Waals surface area contributed by atoms with Gasteiger partial charge in [0.1, 0.15) is 0 Å². The van der Waals surface area contributed by atoms with Gasteiger partial charge >= 0.3 is 0 Å². The maximum absolute atomic E-state index is 12.9. The van der Waals surface area contributed by atoms with E-state index in [2.05, 4.69) is 24.9 Å². The Morgan fingerprint density at radius 3 is 2.58 bits per heavy atom. The van der Waals surface area contributed by atoms with Gasteiger partial charge in [-0.05, 0) is 36.5 Å². The van der Waals surface area contributed by atoms with Gasteiger partial charge in [-0.15, -0.1) is 0 Å². The van der Waals surface area contributed by atoms with Crippen molar-refractivity contribution in [3.63, 3.8) is 0 Å². The highest BCUT2D eigenvalue weighted by molar-refractivity contribution is 6.42. The monoisotopic (exact) mass is 360 g/mol. The highest BCUT2D eigenvalue weighted by Crippen LogP contribution is 2.47. The van der Waals surface area contributed by atoms with Gasteiger partial charge in [-0.1, -0.05) is 43.1 Å². The zero-order chi connectivity index (χ0) is 17.6. The fraction of sp³-hybridized carbons (Fsp3) is 0.421. The number of Topliss-reactive ketones (excluding diaryl/α,β-unsaturated/α-hetero) is 1. The molecule has 1 heterocycles. The summed E-state index contributed by atoms with van der Waals surface area (Å²) in [5.41, 5.74) is 2.96. The van der Waals surface area contributed by atoms with Crippen molar-refractivity contribution in [2.45, 2.75) is 39.5 Å². The number of hydrogen-bond donors (Lipinski definition) is 0. The molecule has 3 rings (SSSR count). The van der Waals surface area contributed by atoms with E-state index in [1.807, 2.05) is 13.0 Å². The van der Waals surface area contributed by atoms with Gasteiger partial charge < -0.3 is 0 Å². The van der Waals surface area contributed by atoms with E-state index >= 15 is 0 Å². The van der Waals surface area contributed by atoms with Gasteiger partial charge in [0.2, 0.25) is 0 Å². The summed E-state index contributed by atoms with van der Waals surface area (Å²) < 4.78 is 0. The predicted octanol–water partition coefficient (Wildman–Crippen LogP) is 5.33. The first-order valence-electron chi connectivity index (χ1n) is 7.89. The molecule has 0 spiro atoms. The van der Waals surface area contributed by atoms with Crippen LogP contribution in [0.1, 0.15) is 45.1 Å². The van der Waals surface area contributed by atoms with Gasteiger partial charge in [0.15, 0.2) is 5.78 Å². The molecule has 1 aliphatic heterocycles. The molecule has 0 saturated carbocycles. The third-order valence-corrected chi connectivity index (χ3v) is 5.48. The Hall–Kier alpha value is -1.63. The Morgan fingerprint density at radius 2 is 1.96 bits per heavy atom. The van der Waals surface area contributed by atoms with Gasteiger partial charge in [0.25, 0.3) is 0 Å². The Bertz CT molecular complexity index is 830. The number of carbonyl (C=O) groups excluding carboxylic acids is 1. The molecule has 0 bridgehead atoms. The number of aliphatic imine (C=N–C) groups is 1. The van der Waals surface area contributed by atoms with Crippen molar-refractivity contribution in [3.8, 4) is 6.07 Å². The van der Waals surface area contributed by atoms with Crippen molar-refractivity contribution in [3.05, 3.63) is 45.1 Å². The van der Waals surface area contributed by atoms with Crippen LogP contribution in [0.5, 0.6) is 0 Å². The molecule has 1 aliphatic carbocycles. The van der Waals surface area contributed by atoms with E-state index < -0.39 is 5.92 Å². The average Bonchev–Trinajstić information content (AvgIpc) is 2.47. The van der Waals surface area contributed by atoms with Gasteiger partial charge in [0.05, 0.1) is 22.0 Å². The van der Waals surface area contributed by atoms with E-state index in [4.69, 9.17) is 23.2 Å². The van der Waals surface area contributed by atoms with E-state index in [1.54, 1.807) is 12.1 Å². The second-order valence-corrected chi connectivity index (χ2v) is 8.13. The lowest BCUT2D eigenvalue weighted by Gasteiger charge is -2.38. The summed E-state index contributed by atoms with van der Waals surface area (Å²) in [6, 6.07) is 7.64. The van der Waals surface area contributed by atoms with E-state index in [-0.39, 0.29) is 17.1 Å². The Labute approximate surface area is 152 Å². The summed E-state index contributed by atoms with van der Waals surface area (Å²) >= 11 is 12.2. The molecule has 1 aromatic rings. The Morgan fingerprint density at radius 1 is 1.25 bits per heavy atom. The first kappa shape index (κ1) is 17.2. The number of nitriles is 1. The van der Waals surface area contributed by atoms with E-state index in [1.165, 1.54) is 0 Å². The molecule has 2 atom stereocenters. The zero-order valence-electron chi connectivity index (χ0n) is 13.9. The molecule has 0 aromatic heterocycles. The molecule has 3 nitrogen and oxygen atoms in total. The molecule has 0 radical (unpaired) electrons. The lowest BCUT2D eigenvalue weighted by atomic mass is 9.67. The topological polar surface area (TPSA) is 53.2 Å². The number of nitrogens with zero attached hydrogens (tertiary/aromatic N) is 2. The van der Waals surface area contributed by atoms with Crippen LogP contribution in [0.15, 0.2) is 34.5 Å². The smallest absolute Gasteiger partial charge is 0.161 e. The summed E-state index contributed by atoms with van der Waals surface area (Å²) in [5, 5.41) is 10.6. The molecule has 0 N–H and O–H groups in total. The molecule has 124 valence electrons. The molecule has 1 unspecified atom stereocenters. The summed E-state index contributed by atoms with van der Waals surface area (Å²) in [5.74, 6) is -0.721. The largest absolute Gasteiger partial charge is 0.294 e. The molecular weight excluding hydrogens is 343 g/mol. The summed E-state index contributed by atoms with van der Waals surface area (Å²) in [6.45, 7) is 6.00. The summed E-state index contributed by atoms with van der Waals surface area (Å²) in [4.78, 5) is 17.5. The summed E-state index contributed by atoms with van der Waals surface area (Å²) in [7, 11) is 0. The summed E-state index contributed by atoms with van der Waals surface area (Å²) in [6.07, 6.45) is 1.21. The van der Waals surface area contributed by atoms with Crippen LogP contribution in [0.3, 0.4) is 0 Å². The Kier molecular flexibility index (Phi) is 4.32.